The number of rotatable bonds is 6. The van der Waals surface area contributed by atoms with Crippen molar-refractivity contribution in [3.05, 3.63) is 15.5 Å². The van der Waals surface area contributed by atoms with Crippen LogP contribution in [0.15, 0.2) is 6.20 Å². The molecule has 1 atom stereocenters. The van der Waals surface area contributed by atoms with Crippen molar-refractivity contribution in [1.82, 2.24) is 9.78 Å². The maximum Gasteiger partial charge on any atom is 0.261 e. The van der Waals surface area contributed by atoms with E-state index < -0.39 is 13.0 Å². The Morgan fingerprint density at radius 3 is 2.81 bits per heavy atom. The number of alkyl halides is 2. The molecule has 0 aliphatic carbocycles. The van der Waals surface area contributed by atoms with Gasteiger partial charge in [0.15, 0.2) is 0 Å². The van der Waals surface area contributed by atoms with Gasteiger partial charge in [-0.2, -0.15) is 5.10 Å². The third kappa shape index (κ3) is 3.97. The molecular formula is C10H15F2IN2O. The van der Waals surface area contributed by atoms with Crippen molar-refractivity contribution in [2.45, 2.75) is 39.3 Å². The third-order valence-electron chi connectivity index (χ3n) is 2.28. The van der Waals surface area contributed by atoms with Crippen LogP contribution >= 0.6 is 22.6 Å². The Bertz CT molecular complexity index is 331. The molecular weight excluding hydrogens is 329 g/mol. The van der Waals surface area contributed by atoms with E-state index in [1.165, 1.54) is 0 Å². The van der Waals surface area contributed by atoms with Crippen molar-refractivity contribution in [3.63, 3.8) is 0 Å². The number of hydrogen-bond acceptors (Lipinski definition) is 2. The van der Waals surface area contributed by atoms with Crippen LogP contribution in [0.2, 0.25) is 0 Å². The van der Waals surface area contributed by atoms with Crippen molar-refractivity contribution >= 4 is 22.6 Å². The summed E-state index contributed by atoms with van der Waals surface area (Å²) in [6.07, 6.45) is 0.472. The van der Waals surface area contributed by atoms with Crippen LogP contribution in [0.1, 0.15) is 32.0 Å². The number of nitrogens with zero attached hydrogens (tertiary/aromatic N) is 2. The molecule has 1 aromatic heterocycles. The third-order valence-corrected chi connectivity index (χ3v) is 3.18. The van der Waals surface area contributed by atoms with E-state index in [9.17, 15) is 8.78 Å². The van der Waals surface area contributed by atoms with Crippen LogP contribution in [-0.4, -0.2) is 22.8 Å². The smallest absolute Gasteiger partial charge is 0.261 e. The van der Waals surface area contributed by atoms with E-state index >= 15 is 0 Å². The Kier molecular flexibility index (Phi) is 5.60. The van der Waals surface area contributed by atoms with Crippen LogP contribution in [0.4, 0.5) is 8.78 Å². The molecule has 0 aromatic carbocycles. The van der Waals surface area contributed by atoms with E-state index in [4.69, 9.17) is 4.74 Å². The Morgan fingerprint density at radius 1 is 1.56 bits per heavy atom. The highest BCUT2D eigenvalue weighted by Gasteiger charge is 2.11. The minimum absolute atomic E-state index is 0.145. The molecule has 1 rings (SSSR count). The normalized spacial score (nSPS) is 13.4. The average molecular weight is 344 g/mol. The van der Waals surface area contributed by atoms with Gasteiger partial charge in [0.25, 0.3) is 6.43 Å². The summed E-state index contributed by atoms with van der Waals surface area (Å²) in [4.78, 5) is 0. The lowest BCUT2D eigenvalue weighted by Crippen LogP contribution is -2.07. The van der Waals surface area contributed by atoms with Crippen LogP contribution in [0.5, 0.6) is 0 Å². The van der Waals surface area contributed by atoms with Gasteiger partial charge in [-0.3, -0.25) is 4.68 Å². The topological polar surface area (TPSA) is 27.1 Å². The fraction of sp³-hybridized carbons (Fsp3) is 0.700. The SMILES string of the molecule is CCC(C)n1cc(I)c(COCC(F)F)n1. The molecule has 0 aliphatic heterocycles. The summed E-state index contributed by atoms with van der Waals surface area (Å²) in [6.45, 7) is 3.75. The Labute approximate surface area is 107 Å². The first-order valence-corrected chi connectivity index (χ1v) is 6.21. The second-order valence-corrected chi connectivity index (χ2v) is 4.73. The fourth-order valence-corrected chi connectivity index (χ4v) is 1.71. The van der Waals surface area contributed by atoms with Gasteiger partial charge in [0.1, 0.15) is 12.3 Å². The molecule has 0 radical (unpaired) electrons. The summed E-state index contributed by atoms with van der Waals surface area (Å²) in [5.41, 5.74) is 0.724. The monoisotopic (exact) mass is 344 g/mol. The van der Waals surface area contributed by atoms with E-state index in [-0.39, 0.29) is 6.61 Å². The van der Waals surface area contributed by atoms with E-state index in [2.05, 4.69) is 41.5 Å². The molecule has 0 bridgehead atoms. The zero-order chi connectivity index (χ0) is 12.1. The van der Waals surface area contributed by atoms with Crippen molar-refractivity contribution in [2.75, 3.05) is 6.61 Å². The zero-order valence-corrected chi connectivity index (χ0v) is 11.4. The number of aromatic nitrogens is 2. The largest absolute Gasteiger partial charge is 0.369 e. The molecule has 92 valence electrons. The lowest BCUT2D eigenvalue weighted by molar-refractivity contribution is 0.00844. The Hall–Kier alpha value is -0.240. The minimum Gasteiger partial charge on any atom is -0.369 e. The molecule has 0 saturated carbocycles. The van der Waals surface area contributed by atoms with E-state index in [0.29, 0.717) is 6.04 Å². The van der Waals surface area contributed by atoms with Crippen LogP contribution < -0.4 is 0 Å². The molecule has 6 heteroatoms. The number of ether oxygens (including phenoxy) is 1. The maximum atomic E-state index is 11.9. The average Bonchev–Trinajstić information content (AvgIpc) is 2.59. The molecule has 16 heavy (non-hydrogen) atoms. The van der Waals surface area contributed by atoms with Crippen LogP contribution in [0, 0.1) is 3.57 Å². The fourth-order valence-electron chi connectivity index (χ4n) is 1.16. The maximum absolute atomic E-state index is 11.9. The van der Waals surface area contributed by atoms with Gasteiger partial charge in [0.05, 0.1) is 10.2 Å². The highest BCUT2D eigenvalue weighted by Crippen LogP contribution is 2.16. The van der Waals surface area contributed by atoms with E-state index in [1.54, 1.807) is 0 Å². The quantitative estimate of drug-likeness (QED) is 0.741. The second kappa shape index (κ2) is 6.48. The minimum atomic E-state index is -2.42. The molecule has 0 N–H and O–H groups in total. The summed E-state index contributed by atoms with van der Waals surface area (Å²) in [6, 6.07) is 0.317. The number of halogens is 3. The van der Waals surface area contributed by atoms with E-state index in [0.717, 1.165) is 15.7 Å². The summed E-state index contributed by atoms with van der Waals surface area (Å²) in [5.74, 6) is 0. The molecule has 1 aromatic rings. The summed E-state index contributed by atoms with van der Waals surface area (Å²) in [5, 5.41) is 4.32. The number of hydrogen-bond donors (Lipinski definition) is 0. The lowest BCUT2D eigenvalue weighted by atomic mass is 10.3. The van der Waals surface area contributed by atoms with E-state index in [1.807, 2.05) is 10.9 Å². The Balaban J connectivity index is 2.56. The van der Waals surface area contributed by atoms with Crippen molar-refractivity contribution < 1.29 is 13.5 Å². The summed E-state index contributed by atoms with van der Waals surface area (Å²) in [7, 11) is 0. The Morgan fingerprint density at radius 2 is 2.25 bits per heavy atom. The van der Waals surface area contributed by atoms with Gasteiger partial charge in [-0.1, -0.05) is 6.92 Å². The molecule has 0 aliphatic rings. The first-order chi connectivity index (χ1) is 7.54. The second-order valence-electron chi connectivity index (χ2n) is 3.57. The predicted octanol–water partition coefficient (Wildman–Crippen LogP) is 3.24. The molecule has 3 nitrogen and oxygen atoms in total. The summed E-state index contributed by atoms with van der Waals surface area (Å²) < 4.78 is 31.4. The van der Waals surface area contributed by atoms with Gasteiger partial charge in [0, 0.05) is 12.2 Å². The van der Waals surface area contributed by atoms with Crippen molar-refractivity contribution in [1.29, 1.82) is 0 Å². The van der Waals surface area contributed by atoms with Gasteiger partial charge >= 0.3 is 0 Å². The van der Waals surface area contributed by atoms with Gasteiger partial charge in [-0.05, 0) is 35.9 Å². The molecule has 0 amide bonds. The standard InChI is InChI=1S/C10H15F2IN2O/c1-3-7(2)15-4-8(13)9(14-15)5-16-6-10(11)12/h4,7,10H,3,5-6H2,1-2H3. The van der Waals surface area contributed by atoms with Gasteiger partial charge < -0.3 is 4.74 Å². The summed E-state index contributed by atoms with van der Waals surface area (Å²) >= 11 is 2.14. The molecule has 0 spiro atoms. The van der Waals surface area contributed by atoms with Crippen LogP contribution in [-0.2, 0) is 11.3 Å². The molecule has 1 unspecified atom stereocenters. The first kappa shape index (κ1) is 13.8. The van der Waals surface area contributed by atoms with Crippen LogP contribution in [0.25, 0.3) is 0 Å². The van der Waals surface area contributed by atoms with Crippen molar-refractivity contribution in [3.8, 4) is 0 Å². The predicted molar refractivity (Wildman–Crippen MR) is 65.6 cm³/mol. The van der Waals surface area contributed by atoms with Gasteiger partial charge in [0.2, 0.25) is 0 Å². The van der Waals surface area contributed by atoms with Gasteiger partial charge in [-0.25, -0.2) is 8.78 Å². The highest BCUT2D eigenvalue weighted by molar-refractivity contribution is 14.1. The van der Waals surface area contributed by atoms with Crippen LogP contribution in [0.3, 0.4) is 0 Å². The van der Waals surface area contributed by atoms with Gasteiger partial charge in [-0.15, -0.1) is 0 Å². The molecule has 0 fully saturated rings. The van der Waals surface area contributed by atoms with Crippen molar-refractivity contribution in [2.24, 2.45) is 0 Å². The molecule has 1 heterocycles. The lowest BCUT2D eigenvalue weighted by Gasteiger charge is -2.08. The first-order valence-electron chi connectivity index (χ1n) is 5.14. The zero-order valence-electron chi connectivity index (χ0n) is 9.29. The molecule has 0 saturated heterocycles. The highest BCUT2D eigenvalue weighted by atomic mass is 127.